The van der Waals surface area contributed by atoms with Crippen LogP contribution >= 0.6 is 0 Å². The predicted molar refractivity (Wildman–Crippen MR) is 272 cm³/mol. The lowest BCUT2D eigenvalue weighted by Gasteiger charge is -2.28. The summed E-state index contributed by atoms with van der Waals surface area (Å²) < 4.78 is 2.47. The van der Waals surface area contributed by atoms with Gasteiger partial charge in [0.1, 0.15) is 0 Å². The van der Waals surface area contributed by atoms with Gasteiger partial charge in [-0.15, -0.1) is 0 Å². The third-order valence-electron chi connectivity index (χ3n) is 12.8. The van der Waals surface area contributed by atoms with Gasteiger partial charge in [0.05, 0.1) is 22.4 Å². The van der Waals surface area contributed by atoms with E-state index in [0.29, 0.717) is 0 Å². The van der Waals surface area contributed by atoms with E-state index >= 15 is 0 Å². The number of fused-ring (bicyclic) bond motifs is 6. The Kier molecular flexibility index (Phi) is 9.20. The van der Waals surface area contributed by atoms with Crippen LogP contribution in [0.2, 0.25) is 0 Å². The summed E-state index contributed by atoms with van der Waals surface area (Å²) in [6, 6.07) is 92.6. The highest BCUT2D eigenvalue weighted by atomic mass is 15.1. The molecule has 0 radical (unpaired) electrons. The number of rotatable bonds is 8. The van der Waals surface area contributed by atoms with Crippen LogP contribution in [0.15, 0.2) is 255 Å². The molecule has 0 saturated heterocycles. The molecule has 0 aliphatic carbocycles. The highest BCUT2D eigenvalue weighted by Gasteiger charge is 2.21. The van der Waals surface area contributed by atoms with Gasteiger partial charge >= 0.3 is 0 Å². The molecule has 0 bridgehead atoms. The second kappa shape index (κ2) is 15.8. The summed E-state index contributed by atoms with van der Waals surface area (Å²) in [5, 5.41) is 7.50. The number of anilines is 3. The summed E-state index contributed by atoms with van der Waals surface area (Å²) in [5.41, 5.74) is 16.3. The quantitative estimate of drug-likeness (QED) is 0.148. The lowest BCUT2D eigenvalue weighted by molar-refractivity contribution is 1.18. The minimum Gasteiger partial charge on any atom is -0.310 e. The standard InChI is InChI=1S/C62H42N2/c1-3-16-43(17-4-1)45-32-37-51(38-33-45)63(57-27-12-10-24-54(57)50-31-30-44-18-7-8-21-49(44)42-50)52-39-34-47(35-40-52)53-23-9-13-28-58(53)64-59-29-14-11-25-56(59)62-60(64)41-36-48-22-15-26-55(61(48)62)46-19-5-2-6-20-46/h1-42H. The van der Waals surface area contributed by atoms with E-state index in [1.807, 2.05) is 0 Å². The Morgan fingerprint density at radius 2 is 0.812 bits per heavy atom. The van der Waals surface area contributed by atoms with Crippen molar-refractivity contribution in [1.82, 2.24) is 4.57 Å². The molecule has 1 aromatic heterocycles. The molecule has 0 aliphatic heterocycles. The van der Waals surface area contributed by atoms with Gasteiger partial charge in [-0.05, 0) is 110 Å². The molecule has 300 valence electrons. The Bertz CT molecular complexity index is 3640. The molecule has 64 heavy (non-hydrogen) atoms. The Labute approximate surface area is 373 Å². The fourth-order valence-electron chi connectivity index (χ4n) is 9.79. The van der Waals surface area contributed by atoms with E-state index in [1.165, 1.54) is 82.3 Å². The minimum absolute atomic E-state index is 1.08. The Morgan fingerprint density at radius 3 is 1.59 bits per heavy atom. The van der Waals surface area contributed by atoms with Crippen molar-refractivity contribution < 1.29 is 0 Å². The fourth-order valence-corrected chi connectivity index (χ4v) is 9.79. The highest BCUT2D eigenvalue weighted by molar-refractivity contribution is 6.25. The Hall–Kier alpha value is -8.46. The smallest absolute Gasteiger partial charge is 0.0548 e. The molecule has 0 spiro atoms. The lowest BCUT2D eigenvalue weighted by atomic mass is 9.94. The molecular weight excluding hydrogens is 773 g/mol. The van der Waals surface area contributed by atoms with Gasteiger partial charge in [-0.25, -0.2) is 0 Å². The lowest BCUT2D eigenvalue weighted by Crippen LogP contribution is -2.11. The molecule has 0 N–H and O–H groups in total. The molecule has 2 nitrogen and oxygen atoms in total. The van der Waals surface area contributed by atoms with Crippen molar-refractivity contribution in [3.05, 3.63) is 255 Å². The van der Waals surface area contributed by atoms with Crippen LogP contribution < -0.4 is 4.90 Å². The van der Waals surface area contributed by atoms with Crippen LogP contribution in [-0.2, 0) is 0 Å². The van der Waals surface area contributed by atoms with Gasteiger partial charge in [0.15, 0.2) is 0 Å². The third kappa shape index (κ3) is 6.44. The van der Waals surface area contributed by atoms with Gasteiger partial charge in [0.2, 0.25) is 0 Å². The molecule has 0 fully saturated rings. The maximum atomic E-state index is 2.47. The number of para-hydroxylation sites is 3. The summed E-state index contributed by atoms with van der Waals surface area (Å²) in [5.74, 6) is 0. The van der Waals surface area contributed by atoms with Crippen LogP contribution in [0, 0.1) is 0 Å². The zero-order valence-electron chi connectivity index (χ0n) is 35.1. The van der Waals surface area contributed by atoms with Crippen LogP contribution in [0.4, 0.5) is 17.1 Å². The molecule has 0 atom stereocenters. The second-order valence-electron chi connectivity index (χ2n) is 16.5. The molecular formula is C62H42N2. The van der Waals surface area contributed by atoms with Crippen molar-refractivity contribution in [3.63, 3.8) is 0 Å². The van der Waals surface area contributed by atoms with Crippen LogP contribution in [-0.4, -0.2) is 4.57 Å². The summed E-state index contributed by atoms with van der Waals surface area (Å²) in [6.07, 6.45) is 0. The summed E-state index contributed by atoms with van der Waals surface area (Å²) in [6.45, 7) is 0. The molecule has 11 aromatic carbocycles. The average molecular weight is 815 g/mol. The molecule has 1 heterocycles. The van der Waals surface area contributed by atoms with E-state index in [0.717, 1.165) is 28.3 Å². The molecule has 2 heteroatoms. The van der Waals surface area contributed by atoms with Crippen LogP contribution in [0.5, 0.6) is 0 Å². The van der Waals surface area contributed by atoms with E-state index in [1.54, 1.807) is 0 Å². The van der Waals surface area contributed by atoms with Crippen molar-refractivity contribution in [2.75, 3.05) is 4.90 Å². The summed E-state index contributed by atoms with van der Waals surface area (Å²) >= 11 is 0. The zero-order valence-corrected chi connectivity index (χ0v) is 35.1. The maximum absolute atomic E-state index is 2.47. The molecule has 12 aromatic rings. The van der Waals surface area contributed by atoms with Gasteiger partial charge in [0, 0.05) is 33.3 Å². The van der Waals surface area contributed by atoms with E-state index in [2.05, 4.69) is 264 Å². The molecule has 0 amide bonds. The number of benzene rings is 11. The minimum atomic E-state index is 1.08. The van der Waals surface area contributed by atoms with Crippen LogP contribution in [0.25, 0.3) is 93.5 Å². The molecule has 12 rings (SSSR count). The van der Waals surface area contributed by atoms with Gasteiger partial charge in [0.25, 0.3) is 0 Å². The zero-order chi connectivity index (χ0) is 42.4. The van der Waals surface area contributed by atoms with Crippen molar-refractivity contribution in [3.8, 4) is 50.2 Å². The second-order valence-corrected chi connectivity index (χ2v) is 16.5. The molecule has 0 aliphatic rings. The van der Waals surface area contributed by atoms with Crippen molar-refractivity contribution >= 4 is 60.4 Å². The van der Waals surface area contributed by atoms with Crippen LogP contribution in [0.3, 0.4) is 0 Å². The first kappa shape index (κ1) is 37.3. The maximum Gasteiger partial charge on any atom is 0.0548 e. The first-order valence-electron chi connectivity index (χ1n) is 22.0. The Balaban J connectivity index is 1.01. The number of hydrogen-bond donors (Lipinski definition) is 0. The number of nitrogens with zero attached hydrogens (tertiary/aromatic N) is 2. The van der Waals surface area contributed by atoms with Gasteiger partial charge in [-0.1, -0.05) is 200 Å². The normalized spacial score (nSPS) is 11.4. The van der Waals surface area contributed by atoms with Crippen molar-refractivity contribution in [2.24, 2.45) is 0 Å². The third-order valence-corrected chi connectivity index (χ3v) is 12.8. The van der Waals surface area contributed by atoms with E-state index in [9.17, 15) is 0 Å². The molecule has 0 saturated carbocycles. The van der Waals surface area contributed by atoms with E-state index < -0.39 is 0 Å². The fraction of sp³-hybridized carbons (Fsp3) is 0. The first-order chi connectivity index (χ1) is 31.8. The van der Waals surface area contributed by atoms with Gasteiger partial charge in [-0.2, -0.15) is 0 Å². The monoisotopic (exact) mass is 814 g/mol. The molecule has 0 unspecified atom stereocenters. The number of aromatic nitrogens is 1. The number of hydrogen-bond acceptors (Lipinski definition) is 1. The first-order valence-corrected chi connectivity index (χ1v) is 22.0. The van der Waals surface area contributed by atoms with Crippen molar-refractivity contribution in [2.45, 2.75) is 0 Å². The SMILES string of the molecule is c1ccc(-c2ccc(N(c3ccc(-c4ccccc4-n4c5ccccc5c5c6c(-c7ccccc7)cccc6ccc54)cc3)c3ccccc3-c3ccc4ccccc4c3)cc2)cc1. The van der Waals surface area contributed by atoms with Gasteiger partial charge < -0.3 is 9.47 Å². The topological polar surface area (TPSA) is 8.17 Å². The summed E-state index contributed by atoms with van der Waals surface area (Å²) in [4.78, 5) is 2.40. The van der Waals surface area contributed by atoms with Crippen molar-refractivity contribution in [1.29, 1.82) is 0 Å². The largest absolute Gasteiger partial charge is 0.310 e. The predicted octanol–water partition coefficient (Wildman–Crippen LogP) is 17.2. The average Bonchev–Trinajstić information content (AvgIpc) is 3.72. The van der Waals surface area contributed by atoms with E-state index in [4.69, 9.17) is 0 Å². The van der Waals surface area contributed by atoms with E-state index in [-0.39, 0.29) is 0 Å². The highest BCUT2D eigenvalue weighted by Crippen LogP contribution is 2.45. The van der Waals surface area contributed by atoms with Crippen LogP contribution in [0.1, 0.15) is 0 Å². The van der Waals surface area contributed by atoms with Gasteiger partial charge in [-0.3, -0.25) is 0 Å². The Morgan fingerprint density at radius 1 is 0.281 bits per heavy atom. The summed E-state index contributed by atoms with van der Waals surface area (Å²) in [7, 11) is 0.